The van der Waals surface area contributed by atoms with Gasteiger partial charge in [0.25, 0.3) is 6.43 Å². The Bertz CT molecular complexity index is 1200. The largest absolute Gasteiger partial charge is 0.374 e. The zero-order valence-electron chi connectivity index (χ0n) is 18.3. The molecule has 178 valence electrons. The number of anilines is 1. The summed E-state index contributed by atoms with van der Waals surface area (Å²) < 4.78 is 49.8. The number of fused-ring (bicyclic) bond motifs is 1. The molecular weight excluding hydrogens is 474 g/mol. The Kier molecular flexibility index (Phi) is 5.89. The lowest BCUT2D eigenvalue weighted by atomic mass is 9.93. The molecule has 2 N–H and O–H groups in total. The predicted octanol–water partition coefficient (Wildman–Crippen LogP) is 1.77. The van der Waals surface area contributed by atoms with E-state index in [-0.39, 0.29) is 28.0 Å². The van der Waals surface area contributed by atoms with Gasteiger partial charge in [-0.25, -0.2) is 17.7 Å². The summed E-state index contributed by atoms with van der Waals surface area (Å²) in [5, 5.41) is 19.2. The minimum absolute atomic E-state index is 0.0710. The SMILES string of the molecule is CC1CN(c2cc(S(=O)NC3(C)COC3C)cn3c(-c4nnc(C(F)F)s4)nnc23)CCN1. The Hall–Kier alpha value is -2.13. The molecule has 0 bridgehead atoms. The predicted molar refractivity (Wildman–Crippen MR) is 120 cm³/mol. The monoisotopic (exact) mass is 498 g/mol. The molecule has 3 aromatic rings. The summed E-state index contributed by atoms with van der Waals surface area (Å²) in [5.41, 5.74) is 0.905. The lowest BCUT2D eigenvalue weighted by Crippen LogP contribution is -2.64. The van der Waals surface area contributed by atoms with E-state index in [4.69, 9.17) is 4.74 Å². The van der Waals surface area contributed by atoms with Crippen LogP contribution < -0.4 is 14.9 Å². The molecule has 0 amide bonds. The van der Waals surface area contributed by atoms with Crippen LogP contribution in [0.15, 0.2) is 17.2 Å². The van der Waals surface area contributed by atoms with Crippen LogP contribution in [0.3, 0.4) is 0 Å². The summed E-state index contributed by atoms with van der Waals surface area (Å²) in [5.74, 6) is 0.282. The van der Waals surface area contributed by atoms with E-state index in [1.54, 1.807) is 10.6 Å². The Balaban J connectivity index is 1.59. The number of alkyl halides is 2. The van der Waals surface area contributed by atoms with Crippen molar-refractivity contribution in [2.24, 2.45) is 0 Å². The topological polar surface area (TPSA) is 110 Å². The molecule has 0 aromatic carbocycles. The van der Waals surface area contributed by atoms with Gasteiger partial charge in [0.05, 0.1) is 28.8 Å². The summed E-state index contributed by atoms with van der Waals surface area (Å²) in [4.78, 5) is 2.68. The van der Waals surface area contributed by atoms with Gasteiger partial charge < -0.3 is 15.0 Å². The van der Waals surface area contributed by atoms with Gasteiger partial charge in [0.2, 0.25) is 0 Å². The highest BCUT2D eigenvalue weighted by molar-refractivity contribution is 7.83. The number of hydrogen-bond donors (Lipinski definition) is 2. The van der Waals surface area contributed by atoms with Gasteiger partial charge in [0, 0.05) is 31.9 Å². The third-order valence-corrected chi connectivity index (χ3v) is 8.29. The van der Waals surface area contributed by atoms with Crippen LogP contribution in [0.2, 0.25) is 0 Å². The van der Waals surface area contributed by atoms with Crippen molar-refractivity contribution in [3.8, 4) is 10.8 Å². The number of piperazine rings is 1. The first kappa shape index (κ1) is 22.7. The molecule has 2 aliphatic heterocycles. The lowest BCUT2D eigenvalue weighted by molar-refractivity contribution is -0.120. The standard InChI is InChI=1S/C19H24F2N8O2S2/c1-10-7-28(5-4-22-10)13-6-12(33(30)27-19(3)9-31-11(19)2)8-29-15(13)23-24-16(29)18-26-25-17(32-18)14(20)21/h6,8,10-11,14,22,27H,4-5,7,9H2,1-3H3. The van der Waals surface area contributed by atoms with E-state index >= 15 is 0 Å². The number of hydrogen-bond acceptors (Lipinski definition) is 9. The molecule has 4 atom stereocenters. The van der Waals surface area contributed by atoms with Crippen LogP contribution in [0.5, 0.6) is 0 Å². The molecule has 10 nitrogen and oxygen atoms in total. The maximum Gasteiger partial charge on any atom is 0.291 e. The van der Waals surface area contributed by atoms with Crippen molar-refractivity contribution >= 4 is 33.7 Å². The molecule has 2 saturated heterocycles. The molecule has 5 rings (SSSR count). The van der Waals surface area contributed by atoms with Crippen molar-refractivity contribution in [1.29, 1.82) is 0 Å². The summed E-state index contributed by atoms with van der Waals surface area (Å²) >= 11 is 0.766. The van der Waals surface area contributed by atoms with E-state index in [0.29, 0.717) is 17.1 Å². The van der Waals surface area contributed by atoms with Crippen LogP contribution in [0.1, 0.15) is 32.2 Å². The lowest BCUT2D eigenvalue weighted by Gasteiger charge is -2.44. The summed E-state index contributed by atoms with van der Waals surface area (Å²) in [6.07, 6.45) is -1.12. The number of nitrogens with one attached hydrogen (secondary N) is 2. The van der Waals surface area contributed by atoms with Gasteiger partial charge in [-0.15, -0.1) is 20.4 Å². The van der Waals surface area contributed by atoms with Gasteiger partial charge in [-0.1, -0.05) is 11.3 Å². The second kappa shape index (κ2) is 8.58. The van der Waals surface area contributed by atoms with E-state index < -0.39 is 22.9 Å². The molecule has 2 fully saturated rings. The van der Waals surface area contributed by atoms with Crippen molar-refractivity contribution in [3.05, 3.63) is 17.3 Å². The van der Waals surface area contributed by atoms with Crippen molar-refractivity contribution < 1.29 is 17.7 Å². The average molecular weight is 499 g/mol. The van der Waals surface area contributed by atoms with Gasteiger partial charge in [-0.2, -0.15) is 0 Å². The van der Waals surface area contributed by atoms with E-state index in [1.807, 2.05) is 19.9 Å². The number of pyridine rings is 1. The molecule has 14 heteroatoms. The van der Waals surface area contributed by atoms with Crippen molar-refractivity contribution in [1.82, 2.24) is 34.8 Å². The second-order valence-electron chi connectivity index (χ2n) is 8.57. The third-order valence-electron chi connectivity index (χ3n) is 6.06. The fraction of sp³-hybridized carbons (Fsp3) is 0.579. The number of rotatable bonds is 6. The molecule has 0 aliphatic carbocycles. The quantitative estimate of drug-likeness (QED) is 0.529. The molecule has 3 aromatic heterocycles. The van der Waals surface area contributed by atoms with Crippen molar-refractivity contribution in [2.75, 3.05) is 31.1 Å². The number of nitrogens with zero attached hydrogens (tertiary/aromatic N) is 6. The molecule has 2 aliphatic rings. The maximum atomic E-state index is 13.3. The fourth-order valence-electron chi connectivity index (χ4n) is 3.88. The Morgan fingerprint density at radius 3 is 2.79 bits per heavy atom. The van der Waals surface area contributed by atoms with Gasteiger partial charge in [-0.3, -0.25) is 4.40 Å². The van der Waals surface area contributed by atoms with Gasteiger partial charge in [-0.05, 0) is 26.8 Å². The molecule has 0 saturated carbocycles. The summed E-state index contributed by atoms with van der Waals surface area (Å²) in [6.45, 7) is 8.71. The summed E-state index contributed by atoms with van der Waals surface area (Å²) in [6, 6.07) is 2.12. The minimum Gasteiger partial charge on any atom is -0.374 e. The highest BCUT2D eigenvalue weighted by atomic mass is 32.2. The van der Waals surface area contributed by atoms with E-state index in [9.17, 15) is 13.0 Å². The van der Waals surface area contributed by atoms with E-state index in [1.165, 1.54) is 0 Å². The van der Waals surface area contributed by atoms with E-state index in [2.05, 4.69) is 42.3 Å². The number of aromatic nitrogens is 5. The molecule has 0 spiro atoms. The highest BCUT2D eigenvalue weighted by Gasteiger charge is 2.42. The molecule has 33 heavy (non-hydrogen) atoms. The van der Waals surface area contributed by atoms with Crippen LogP contribution in [0, 0.1) is 0 Å². The fourth-order valence-corrected chi connectivity index (χ4v) is 5.75. The second-order valence-corrected chi connectivity index (χ2v) is 10.8. The number of halogens is 2. The highest BCUT2D eigenvalue weighted by Crippen LogP contribution is 2.32. The van der Waals surface area contributed by atoms with Crippen LogP contribution >= 0.6 is 11.3 Å². The first-order valence-electron chi connectivity index (χ1n) is 10.6. The normalized spacial score (nSPS) is 26.7. The van der Waals surface area contributed by atoms with Gasteiger partial charge in [0.1, 0.15) is 11.0 Å². The zero-order chi connectivity index (χ0) is 23.3. The average Bonchev–Trinajstić information content (AvgIpc) is 3.44. The maximum absolute atomic E-state index is 13.3. The number of ether oxygens (including phenoxy) is 1. The minimum atomic E-state index is -2.71. The smallest absolute Gasteiger partial charge is 0.291 e. The molecule has 0 radical (unpaired) electrons. The molecule has 5 heterocycles. The van der Waals surface area contributed by atoms with Crippen LogP contribution in [-0.4, -0.2) is 72.9 Å². The van der Waals surface area contributed by atoms with Gasteiger partial charge >= 0.3 is 0 Å². The first-order valence-corrected chi connectivity index (χ1v) is 12.5. The van der Waals surface area contributed by atoms with E-state index in [0.717, 1.165) is 36.7 Å². The Morgan fingerprint density at radius 1 is 1.33 bits per heavy atom. The van der Waals surface area contributed by atoms with Crippen molar-refractivity contribution in [2.45, 2.75) is 49.8 Å². The van der Waals surface area contributed by atoms with Crippen LogP contribution in [0.4, 0.5) is 14.5 Å². The molecule has 4 unspecified atom stereocenters. The molecular formula is C19H24F2N8O2S2. The van der Waals surface area contributed by atoms with Crippen LogP contribution in [-0.2, 0) is 15.7 Å². The van der Waals surface area contributed by atoms with Crippen molar-refractivity contribution in [3.63, 3.8) is 0 Å². The zero-order valence-corrected chi connectivity index (χ0v) is 19.9. The Morgan fingerprint density at radius 2 is 2.15 bits per heavy atom. The van der Waals surface area contributed by atoms with Gasteiger partial charge in [0.15, 0.2) is 21.5 Å². The Labute approximate surface area is 195 Å². The summed E-state index contributed by atoms with van der Waals surface area (Å²) in [7, 11) is -1.55. The first-order chi connectivity index (χ1) is 15.7. The third kappa shape index (κ3) is 4.14. The van der Waals surface area contributed by atoms with Crippen LogP contribution in [0.25, 0.3) is 16.5 Å².